The van der Waals surface area contributed by atoms with Gasteiger partial charge in [-0.25, -0.2) is 18.7 Å². The van der Waals surface area contributed by atoms with Crippen molar-refractivity contribution < 1.29 is 8.78 Å². The zero-order valence-corrected chi connectivity index (χ0v) is 15.2. The average molecular weight is 369 g/mol. The first-order chi connectivity index (χ1) is 11.5. The van der Waals surface area contributed by atoms with Crippen molar-refractivity contribution in [2.24, 2.45) is 0 Å². The van der Waals surface area contributed by atoms with Gasteiger partial charge in [0.15, 0.2) is 0 Å². The first kappa shape index (κ1) is 19.5. The zero-order chi connectivity index (χ0) is 17.1. The van der Waals surface area contributed by atoms with Gasteiger partial charge in [-0.3, -0.25) is 0 Å². The molecular weight excluding hydrogens is 346 g/mol. The number of likely N-dealkylation sites (tertiary alicyclic amines) is 1. The van der Waals surface area contributed by atoms with Crippen LogP contribution in [0.4, 0.5) is 14.7 Å². The number of nitrogens with zero attached hydrogens (tertiary/aromatic N) is 3. The third-order valence-corrected chi connectivity index (χ3v) is 4.63. The molecule has 0 spiro atoms. The van der Waals surface area contributed by atoms with Crippen molar-refractivity contribution in [3.05, 3.63) is 41.7 Å². The van der Waals surface area contributed by atoms with E-state index in [-0.39, 0.29) is 12.4 Å². The van der Waals surface area contributed by atoms with Crippen LogP contribution in [0.15, 0.2) is 24.4 Å². The molecule has 1 aliphatic rings. The molecule has 1 unspecified atom stereocenters. The Bertz CT molecular complexity index is 726. The monoisotopic (exact) mass is 368 g/mol. The second-order valence-electron chi connectivity index (χ2n) is 6.31. The van der Waals surface area contributed by atoms with E-state index in [0.717, 1.165) is 25.6 Å². The molecule has 3 rings (SSSR count). The van der Waals surface area contributed by atoms with Crippen LogP contribution >= 0.6 is 12.4 Å². The summed E-state index contributed by atoms with van der Waals surface area (Å²) in [5.41, 5.74) is 1.55. The highest BCUT2D eigenvalue weighted by atomic mass is 35.5. The van der Waals surface area contributed by atoms with Gasteiger partial charge in [-0.1, -0.05) is 0 Å². The summed E-state index contributed by atoms with van der Waals surface area (Å²) < 4.78 is 27.0. The fourth-order valence-electron chi connectivity index (χ4n) is 3.22. The van der Waals surface area contributed by atoms with E-state index in [1.165, 1.54) is 25.0 Å². The van der Waals surface area contributed by atoms with Crippen LogP contribution in [-0.2, 0) is 0 Å². The molecule has 1 saturated heterocycles. The van der Waals surface area contributed by atoms with Crippen molar-refractivity contribution in [2.75, 3.05) is 25.5 Å². The molecule has 25 heavy (non-hydrogen) atoms. The number of benzene rings is 1. The number of hydrogen-bond donors (Lipinski definition) is 1. The number of aryl methyl sites for hydroxylation is 1. The van der Waals surface area contributed by atoms with E-state index in [9.17, 15) is 8.78 Å². The minimum Gasteiger partial charge on any atom is -0.354 e. The summed E-state index contributed by atoms with van der Waals surface area (Å²) in [4.78, 5) is 11.0. The van der Waals surface area contributed by atoms with Gasteiger partial charge in [-0.2, -0.15) is 0 Å². The molecule has 1 fully saturated rings. The van der Waals surface area contributed by atoms with Gasteiger partial charge >= 0.3 is 0 Å². The number of aromatic nitrogens is 2. The molecule has 0 bridgehead atoms. The maximum atomic E-state index is 13.9. The Hall–Kier alpha value is -1.79. The topological polar surface area (TPSA) is 41.1 Å². The van der Waals surface area contributed by atoms with E-state index >= 15 is 0 Å². The van der Waals surface area contributed by atoms with Crippen molar-refractivity contribution in [1.82, 2.24) is 14.9 Å². The number of halogens is 3. The van der Waals surface area contributed by atoms with E-state index in [1.807, 2.05) is 0 Å². The SMILES string of the molecule is Cc1nc(NCCC2CCCN2C)ncc1-c1ccc(F)cc1F.Cl. The van der Waals surface area contributed by atoms with Gasteiger partial charge in [0.25, 0.3) is 0 Å². The average Bonchev–Trinajstić information content (AvgIpc) is 2.94. The summed E-state index contributed by atoms with van der Waals surface area (Å²) >= 11 is 0. The highest BCUT2D eigenvalue weighted by molar-refractivity contribution is 5.85. The quantitative estimate of drug-likeness (QED) is 0.864. The fraction of sp³-hybridized carbons (Fsp3) is 0.444. The highest BCUT2D eigenvalue weighted by Crippen LogP contribution is 2.25. The summed E-state index contributed by atoms with van der Waals surface area (Å²) in [6, 6.07) is 4.15. The maximum Gasteiger partial charge on any atom is 0.222 e. The second kappa shape index (κ2) is 8.54. The lowest BCUT2D eigenvalue weighted by atomic mass is 10.1. The van der Waals surface area contributed by atoms with Crippen molar-refractivity contribution in [1.29, 1.82) is 0 Å². The Morgan fingerprint density at radius 3 is 2.72 bits per heavy atom. The first-order valence-electron chi connectivity index (χ1n) is 8.28. The molecular formula is C18H23ClF2N4. The third-order valence-electron chi connectivity index (χ3n) is 4.63. The Kier molecular flexibility index (Phi) is 6.67. The number of hydrogen-bond acceptors (Lipinski definition) is 4. The van der Waals surface area contributed by atoms with Crippen LogP contribution in [0, 0.1) is 18.6 Å². The summed E-state index contributed by atoms with van der Waals surface area (Å²) in [5, 5.41) is 3.23. The molecule has 0 saturated carbocycles. The van der Waals surface area contributed by atoms with Gasteiger partial charge < -0.3 is 10.2 Å². The van der Waals surface area contributed by atoms with Gasteiger partial charge in [-0.15, -0.1) is 12.4 Å². The predicted molar refractivity (Wildman–Crippen MR) is 98.1 cm³/mol. The Balaban J connectivity index is 0.00000225. The largest absolute Gasteiger partial charge is 0.354 e. The van der Waals surface area contributed by atoms with Crippen molar-refractivity contribution >= 4 is 18.4 Å². The second-order valence-corrected chi connectivity index (χ2v) is 6.31. The predicted octanol–water partition coefficient (Wildman–Crippen LogP) is 4.05. The van der Waals surface area contributed by atoms with Crippen molar-refractivity contribution in [2.45, 2.75) is 32.2 Å². The number of nitrogens with one attached hydrogen (secondary N) is 1. The maximum absolute atomic E-state index is 13.9. The van der Waals surface area contributed by atoms with E-state index in [0.29, 0.717) is 28.8 Å². The van der Waals surface area contributed by atoms with E-state index in [2.05, 4.69) is 27.2 Å². The molecule has 0 amide bonds. The molecule has 1 aromatic heterocycles. The molecule has 4 nitrogen and oxygen atoms in total. The van der Waals surface area contributed by atoms with Crippen LogP contribution in [0.2, 0.25) is 0 Å². The molecule has 2 heterocycles. The van der Waals surface area contributed by atoms with Crippen LogP contribution < -0.4 is 5.32 Å². The van der Waals surface area contributed by atoms with Gasteiger partial charge in [0.1, 0.15) is 11.6 Å². The van der Waals surface area contributed by atoms with E-state index in [4.69, 9.17) is 0 Å². The van der Waals surface area contributed by atoms with Crippen LogP contribution in [0.1, 0.15) is 25.0 Å². The Morgan fingerprint density at radius 1 is 1.28 bits per heavy atom. The lowest BCUT2D eigenvalue weighted by molar-refractivity contribution is 0.301. The zero-order valence-electron chi connectivity index (χ0n) is 14.4. The minimum absolute atomic E-state index is 0. The smallest absolute Gasteiger partial charge is 0.222 e. The molecule has 136 valence electrons. The third kappa shape index (κ3) is 4.64. The molecule has 1 atom stereocenters. The fourth-order valence-corrected chi connectivity index (χ4v) is 3.22. The normalized spacial score (nSPS) is 17.4. The van der Waals surface area contributed by atoms with Gasteiger partial charge in [0.2, 0.25) is 5.95 Å². The van der Waals surface area contributed by atoms with Crippen LogP contribution in [0.25, 0.3) is 11.1 Å². The summed E-state index contributed by atoms with van der Waals surface area (Å²) in [6.45, 7) is 3.77. The number of rotatable bonds is 5. The van der Waals surface area contributed by atoms with Crippen LogP contribution in [0.3, 0.4) is 0 Å². The molecule has 0 aliphatic carbocycles. The van der Waals surface area contributed by atoms with Gasteiger partial charge in [-0.05, 0) is 51.9 Å². The standard InChI is InChI=1S/C18H22F2N4.ClH/c1-12-16(15-6-5-13(19)10-17(15)20)11-22-18(23-12)21-8-7-14-4-3-9-24(14)2;/h5-6,10-11,14H,3-4,7-9H2,1-2H3,(H,21,22,23);1H. The van der Waals surface area contributed by atoms with E-state index < -0.39 is 11.6 Å². The van der Waals surface area contributed by atoms with Gasteiger partial charge in [0.05, 0.1) is 5.69 Å². The van der Waals surface area contributed by atoms with E-state index in [1.54, 1.807) is 13.1 Å². The molecule has 1 aliphatic heterocycles. The summed E-state index contributed by atoms with van der Waals surface area (Å²) in [6.07, 6.45) is 5.13. The first-order valence-corrected chi connectivity index (χ1v) is 8.28. The summed E-state index contributed by atoms with van der Waals surface area (Å²) in [7, 11) is 2.16. The number of anilines is 1. The Labute approximate surface area is 153 Å². The van der Waals surface area contributed by atoms with Crippen LogP contribution in [0.5, 0.6) is 0 Å². The lowest BCUT2D eigenvalue weighted by Crippen LogP contribution is -2.27. The highest BCUT2D eigenvalue weighted by Gasteiger charge is 2.20. The lowest BCUT2D eigenvalue weighted by Gasteiger charge is -2.19. The van der Waals surface area contributed by atoms with Crippen molar-refractivity contribution in [3.63, 3.8) is 0 Å². The molecule has 1 N–H and O–H groups in total. The molecule has 7 heteroatoms. The molecule has 1 aromatic carbocycles. The van der Waals surface area contributed by atoms with Crippen LogP contribution in [-0.4, -0.2) is 41.0 Å². The molecule has 0 radical (unpaired) electrons. The molecule has 2 aromatic rings. The van der Waals surface area contributed by atoms with Crippen molar-refractivity contribution in [3.8, 4) is 11.1 Å². The minimum atomic E-state index is -0.605. The summed E-state index contributed by atoms with van der Waals surface area (Å²) in [5.74, 6) is -0.656. The van der Waals surface area contributed by atoms with Gasteiger partial charge in [0, 0.05) is 36.0 Å². The Morgan fingerprint density at radius 2 is 2.08 bits per heavy atom.